The number of ether oxygens (including phenoxy) is 1. The molecule has 0 bridgehead atoms. The molecule has 1 rings (SSSR count). The number of halogens is 2. The van der Waals surface area contributed by atoms with Crippen molar-refractivity contribution in [1.29, 1.82) is 0 Å². The maximum Gasteiger partial charge on any atom is 0.125 e. The first kappa shape index (κ1) is 16.3. The van der Waals surface area contributed by atoms with Crippen LogP contribution in [0.1, 0.15) is 11.7 Å². The normalized spacial score (nSPS) is 16.0. The molecule has 3 atom stereocenters. The number of phenols is 2. The number of aromatic hydroxyl groups is 2. The number of aliphatic hydroxyl groups excluding tert-OH is 2. The second-order valence-electron chi connectivity index (χ2n) is 3.98. The molecule has 7 heteroatoms. The van der Waals surface area contributed by atoms with Gasteiger partial charge in [0.05, 0.1) is 30.6 Å². The topological polar surface area (TPSA) is 90.2 Å². The van der Waals surface area contributed by atoms with Crippen molar-refractivity contribution in [2.24, 2.45) is 0 Å². The second kappa shape index (κ2) is 7.77. The summed E-state index contributed by atoms with van der Waals surface area (Å²) in [7, 11) is 0. The Morgan fingerprint density at radius 1 is 1.11 bits per heavy atom. The zero-order chi connectivity index (χ0) is 14.4. The first-order valence-electron chi connectivity index (χ1n) is 5.63. The standard InChI is InChI=1S/C12H16Cl2O5/c13-7(4-15)6-19-12(10(14)5-16)9-2-1-8(17)3-11(9)18/h1-3,7,10,12,15-18H,4-6H2. The Kier molecular flexibility index (Phi) is 6.68. The summed E-state index contributed by atoms with van der Waals surface area (Å²) in [6.45, 7) is -0.618. The summed E-state index contributed by atoms with van der Waals surface area (Å²) in [4.78, 5) is 0. The van der Waals surface area contributed by atoms with E-state index in [2.05, 4.69) is 0 Å². The first-order valence-corrected chi connectivity index (χ1v) is 6.50. The van der Waals surface area contributed by atoms with Crippen LogP contribution in [-0.2, 0) is 4.74 Å². The van der Waals surface area contributed by atoms with E-state index in [1.807, 2.05) is 0 Å². The smallest absolute Gasteiger partial charge is 0.125 e. The van der Waals surface area contributed by atoms with Gasteiger partial charge in [0.25, 0.3) is 0 Å². The molecule has 0 fully saturated rings. The molecule has 0 saturated heterocycles. The van der Waals surface area contributed by atoms with E-state index >= 15 is 0 Å². The van der Waals surface area contributed by atoms with E-state index in [1.54, 1.807) is 0 Å². The first-order chi connectivity index (χ1) is 8.99. The van der Waals surface area contributed by atoms with Gasteiger partial charge in [0.15, 0.2) is 0 Å². The Balaban J connectivity index is 2.89. The fourth-order valence-corrected chi connectivity index (χ4v) is 1.80. The predicted molar refractivity (Wildman–Crippen MR) is 71.9 cm³/mol. The van der Waals surface area contributed by atoms with Crippen LogP contribution < -0.4 is 0 Å². The van der Waals surface area contributed by atoms with Gasteiger partial charge < -0.3 is 25.2 Å². The van der Waals surface area contributed by atoms with Crippen molar-refractivity contribution in [3.8, 4) is 11.5 Å². The van der Waals surface area contributed by atoms with E-state index in [-0.39, 0.29) is 31.3 Å². The molecule has 0 radical (unpaired) electrons. The highest BCUT2D eigenvalue weighted by atomic mass is 35.5. The van der Waals surface area contributed by atoms with Crippen LogP contribution in [0, 0.1) is 0 Å². The lowest BCUT2D eigenvalue weighted by Crippen LogP contribution is -2.24. The molecule has 0 amide bonds. The Morgan fingerprint density at radius 2 is 1.79 bits per heavy atom. The molecule has 108 valence electrons. The van der Waals surface area contributed by atoms with Gasteiger partial charge in [-0.1, -0.05) is 0 Å². The predicted octanol–water partition coefficient (Wildman–Crippen LogP) is 1.35. The van der Waals surface area contributed by atoms with E-state index < -0.39 is 16.9 Å². The summed E-state index contributed by atoms with van der Waals surface area (Å²) >= 11 is 11.7. The van der Waals surface area contributed by atoms with E-state index in [4.69, 9.17) is 38.2 Å². The molecule has 3 unspecified atom stereocenters. The largest absolute Gasteiger partial charge is 0.508 e. The minimum Gasteiger partial charge on any atom is -0.508 e. The zero-order valence-corrected chi connectivity index (χ0v) is 11.6. The minimum atomic E-state index is -0.805. The van der Waals surface area contributed by atoms with E-state index in [9.17, 15) is 10.2 Å². The Hall–Kier alpha value is -0.720. The third-order valence-electron chi connectivity index (χ3n) is 2.48. The third-order valence-corrected chi connectivity index (χ3v) is 3.11. The number of rotatable bonds is 7. The van der Waals surface area contributed by atoms with Gasteiger partial charge in [-0.2, -0.15) is 0 Å². The van der Waals surface area contributed by atoms with Crippen molar-refractivity contribution in [3.63, 3.8) is 0 Å². The van der Waals surface area contributed by atoms with Crippen LogP contribution in [0.5, 0.6) is 11.5 Å². The fraction of sp³-hybridized carbons (Fsp3) is 0.500. The molecule has 0 spiro atoms. The van der Waals surface area contributed by atoms with Gasteiger partial charge >= 0.3 is 0 Å². The molecular formula is C12H16Cl2O5. The second-order valence-corrected chi connectivity index (χ2v) is 5.15. The molecule has 1 aromatic carbocycles. The van der Waals surface area contributed by atoms with Crippen molar-refractivity contribution < 1.29 is 25.2 Å². The summed E-state index contributed by atoms with van der Waals surface area (Å²) < 4.78 is 5.43. The van der Waals surface area contributed by atoms with E-state index in [1.165, 1.54) is 12.1 Å². The highest BCUT2D eigenvalue weighted by Crippen LogP contribution is 2.34. The number of benzene rings is 1. The van der Waals surface area contributed by atoms with Crippen LogP contribution in [0.2, 0.25) is 0 Å². The highest BCUT2D eigenvalue weighted by molar-refractivity contribution is 6.21. The molecule has 5 nitrogen and oxygen atoms in total. The average molecular weight is 311 g/mol. The summed E-state index contributed by atoms with van der Waals surface area (Å²) in [5.74, 6) is -0.292. The van der Waals surface area contributed by atoms with E-state index in [0.29, 0.717) is 5.56 Å². The summed E-state index contributed by atoms with van der Waals surface area (Å²) in [5.41, 5.74) is 0.327. The van der Waals surface area contributed by atoms with Crippen LogP contribution >= 0.6 is 23.2 Å². The Labute approximate surface area is 121 Å². The van der Waals surface area contributed by atoms with Gasteiger partial charge in [-0.25, -0.2) is 0 Å². The van der Waals surface area contributed by atoms with Crippen molar-refractivity contribution >= 4 is 23.2 Å². The molecule has 19 heavy (non-hydrogen) atoms. The van der Waals surface area contributed by atoms with Crippen molar-refractivity contribution in [3.05, 3.63) is 23.8 Å². The number of hydrogen-bond acceptors (Lipinski definition) is 5. The zero-order valence-electron chi connectivity index (χ0n) is 10.0. The van der Waals surface area contributed by atoms with Crippen LogP contribution in [0.15, 0.2) is 18.2 Å². The van der Waals surface area contributed by atoms with Gasteiger partial charge in [-0.05, 0) is 12.1 Å². The lowest BCUT2D eigenvalue weighted by Gasteiger charge is -2.23. The number of alkyl halides is 2. The molecule has 4 N–H and O–H groups in total. The lowest BCUT2D eigenvalue weighted by molar-refractivity contribution is 0.0306. The maximum absolute atomic E-state index is 9.77. The Morgan fingerprint density at radius 3 is 2.32 bits per heavy atom. The quantitative estimate of drug-likeness (QED) is 0.571. The molecule has 0 saturated carbocycles. The van der Waals surface area contributed by atoms with Gasteiger partial charge in [0, 0.05) is 11.6 Å². The van der Waals surface area contributed by atoms with Gasteiger partial charge in [-0.15, -0.1) is 23.2 Å². The maximum atomic E-state index is 9.77. The minimum absolute atomic E-state index is 0.00621. The number of hydrogen-bond donors (Lipinski definition) is 4. The summed E-state index contributed by atoms with van der Waals surface area (Å²) in [5, 5.41) is 35.5. The van der Waals surface area contributed by atoms with Crippen molar-refractivity contribution in [2.75, 3.05) is 19.8 Å². The highest BCUT2D eigenvalue weighted by Gasteiger charge is 2.25. The Bertz CT molecular complexity index is 402. The summed E-state index contributed by atoms with van der Waals surface area (Å²) in [6, 6.07) is 3.97. The SMILES string of the molecule is OCC(Cl)COC(c1ccc(O)cc1O)C(Cl)CO. The van der Waals surface area contributed by atoms with Gasteiger partial charge in [0.2, 0.25) is 0 Å². The molecule has 0 heterocycles. The molecule has 0 aliphatic carbocycles. The molecule has 0 aromatic heterocycles. The molecular weight excluding hydrogens is 295 g/mol. The average Bonchev–Trinajstić information content (AvgIpc) is 2.40. The fourth-order valence-electron chi connectivity index (χ4n) is 1.52. The van der Waals surface area contributed by atoms with Crippen LogP contribution in [0.4, 0.5) is 0 Å². The van der Waals surface area contributed by atoms with Gasteiger partial charge in [0.1, 0.15) is 17.6 Å². The summed E-state index contributed by atoms with van der Waals surface area (Å²) in [6.07, 6.45) is -0.805. The lowest BCUT2D eigenvalue weighted by atomic mass is 10.0. The molecule has 1 aromatic rings. The van der Waals surface area contributed by atoms with Crippen LogP contribution in [0.25, 0.3) is 0 Å². The third kappa shape index (κ3) is 4.71. The monoisotopic (exact) mass is 310 g/mol. The van der Waals surface area contributed by atoms with Crippen LogP contribution in [-0.4, -0.2) is 51.0 Å². The molecule has 0 aliphatic heterocycles. The van der Waals surface area contributed by atoms with Crippen molar-refractivity contribution in [1.82, 2.24) is 0 Å². The van der Waals surface area contributed by atoms with Gasteiger partial charge in [-0.3, -0.25) is 0 Å². The van der Waals surface area contributed by atoms with Crippen molar-refractivity contribution in [2.45, 2.75) is 16.9 Å². The number of aliphatic hydroxyl groups is 2. The molecule has 0 aliphatic rings. The van der Waals surface area contributed by atoms with E-state index in [0.717, 1.165) is 6.07 Å². The number of phenolic OH excluding ortho intramolecular Hbond substituents is 2. The van der Waals surface area contributed by atoms with Crippen LogP contribution in [0.3, 0.4) is 0 Å².